The van der Waals surface area contributed by atoms with Crippen LogP contribution in [0.4, 0.5) is 0 Å². The number of furan rings is 1. The smallest absolute Gasteiger partial charge is 0.145 e. The molecule has 0 aliphatic carbocycles. The van der Waals surface area contributed by atoms with Crippen molar-refractivity contribution in [3.05, 3.63) is 473 Å². The number of hydrogen-bond acceptors (Lipinski definition) is 3. The highest BCUT2D eigenvalue weighted by atomic mass is 32.1. The summed E-state index contributed by atoms with van der Waals surface area (Å²) in [6.07, 6.45) is 0. The highest BCUT2D eigenvalue weighted by Gasteiger charge is 2.27. The van der Waals surface area contributed by atoms with E-state index in [0.717, 1.165) is 49.7 Å². The van der Waals surface area contributed by atoms with Crippen molar-refractivity contribution >= 4 is 216 Å². The third kappa shape index (κ3) is 11.8. The molecule has 0 spiro atoms. The lowest BCUT2D eigenvalue weighted by Gasteiger charge is -2.16. The first-order chi connectivity index (χ1) is 67.0. The van der Waals surface area contributed by atoms with E-state index in [9.17, 15) is 0 Å². The van der Waals surface area contributed by atoms with Crippen LogP contribution < -0.4 is 0 Å². The summed E-state index contributed by atoms with van der Waals surface area (Å²) in [5, 5.41) is 22.7. The topological polar surface area (TPSA) is 42.7 Å². The Morgan fingerprint density at radius 1 is 0.170 bits per heavy atom. The molecule has 0 saturated heterocycles. The minimum atomic E-state index is 0.917. The van der Waals surface area contributed by atoms with Gasteiger partial charge in [0.2, 0.25) is 0 Å². The molecule has 0 saturated carbocycles. The molecule has 0 bridgehead atoms. The summed E-state index contributed by atoms with van der Waals surface area (Å²) in [5.74, 6) is 0. The molecule has 7 nitrogen and oxygen atoms in total. The second kappa shape index (κ2) is 30.6. The largest absolute Gasteiger partial charge is 0.455 e. The zero-order valence-corrected chi connectivity index (χ0v) is 74.6. The van der Waals surface area contributed by atoms with Gasteiger partial charge in [-0.2, -0.15) is 0 Å². The van der Waals surface area contributed by atoms with Gasteiger partial charge in [-0.3, -0.25) is 0 Å². The molecule has 0 amide bonds. The highest BCUT2D eigenvalue weighted by molar-refractivity contribution is 7.27. The second-order valence-corrected chi connectivity index (χ2v) is 37.3. The minimum absolute atomic E-state index is 0.917. The molecule has 0 fully saturated rings. The SMILES string of the molecule is c1cc(-c2ccccc2-n2c3ccccc3c3ccc4c5ccccc5sc4c32)cc(-n2c3ccccc3c3ccccc32)c1.c1cc(-c2ccccc2-n2c3ccccc3c3ccccc32)cc(-n2c3ccccc3c3c4oc5ccccc5c4ccc32)c1.c1cc(-c2ccccc2-n2c3ccccc3c3ccccc32)cc(-n2c3ccccc3c3ccc4c5ccccc5sc4c32)c1. The lowest BCUT2D eigenvalue weighted by atomic mass is 10.0. The quantitative estimate of drug-likeness (QED) is 0.142. The molecule has 21 aromatic carbocycles. The molecule has 0 atom stereocenters. The summed E-state index contributed by atoms with van der Waals surface area (Å²) in [6.45, 7) is 0. The molecule has 30 aromatic rings. The van der Waals surface area contributed by atoms with Crippen LogP contribution in [0.2, 0.25) is 0 Å². The Bertz CT molecular complexity index is 9990. The van der Waals surface area contributed by atoms with E-state index in [0.29, 0.717) is 0 Å². The summed E-state index contributed by atoms with van der Waals surface area (Å²) in [6, 6.07) is 172. The Labute approximate surface area is 782 Å². The fraction of sp³-hybridized carbons (Fsp3) is 0. The summed E-state index contributed by atoms with van der Waals surface area (Å²) in [7, 11) is 0. The first-order valence-electron chi connectivity index (χ1n) is 46.1. The van der Waals surface area contributed by atoms with E-state index < -0.39 is 0 Å². The van der Waals surface area contributed by atoms with Crippen LogP contribution in [-0.2, 0) is 0 Å². The van der Waals surface area contributed by atoms with Crippen LogP contribution in [-0.4, -0.2) is 27.4 Å². The van der Waals surface area contributed by atoms with E-state index in [4.69, 9.17) is 4.42 Å². The molecule has 0 unspecified atom stereocenters. The van der Waals surface area contributed by atoms with Crippen molar-refractivity contribution in [3.63, 3.8) is 0 Å². The fourth-order valence-electron chi connectivity index (χ4n) is 22.2. The van der Waals surface area contributed by atoms with Gasteiger partial charge in [0.1, 0.15) is 11.2 Å². The average Bonchev–Trinajstić information content (AvgIpc) is 1.57. The van der Waals surface area contributed by atoms with Crippen LogP contribution in [0.25, 0.3) is 261 Å². The van der Waals surface area contributed by atoms with Crippen molar-refractivity contribution in [1.29, 1.82) is 0 Å². The van der Waals surface area contributed by atoms with Crippen molar-refractivity contribution in [1.82, 2.24) is 27.4 Å². The van der Waals surface area contributed by atoms with Crippen LogP contribution in [0.15, 0.2) is 478 Å². The molecule has 630 valence electrons. The Morgan fingerprint density at radius 3 is 0.874 bits per heavy atom. The highest BCUT2D eigenvalue weighted by Crippen LogP contribution is 2.50. The molecular weight excluding hydrogens is 1680 g/mol. The van der Waals surface area contributed by atoms with Gasteiger partial charge in [-0.15, -0.1) is 22.7 Å². The third-order valence-electron chi connectivity index (χ3n) is 28.0. The monoisotopic (exact) mass is 1750 g/mol. The van der Waals surface area contributed by atoms with E-state index in [1.54, 1.807) is 0 Å². The Balaban J connectivity index is 0.000000101. The predicted molar refractivity (Wildman–Crippen MR) is 575 cm³/mol. The lowest BCUT2D eigenvalue weighted by molar-refractivity contribution is 0.673. The maximum atomic E-state index is 6.53. The van der Waals surface area contributed by atoms with Gasteiger partial charge < -0.3 is 31.8 Å². The fourth-order valence-corrected chi connectivity index (χ4v) is 24.7. The molecule has 135 heavy (non-hydrogen) atoms. The van der Waals surface area contributed by atoms with Crippen molar-refractivity contribution in [3.8, 4) is 67.5 Å². The summed E-state index contributed by atoms with van der Waals surface area (Å²) < 4.78 is 26.4. The molecule has 9 heteroatoms. The van der Waals surface area contributed by atoms with Gasteiger partial charge in [0.25, 0.3) is 0 Å². The van der Waals surface area contributed by atoms with Crippen LogP contribution in [0, 0.1) is 0 Å². The van der Waals surface area contributed by atoms with Gasteiger partial charge in [0.15, 0.2) is 0 Å². The number of para-hydroxylation sites is 13. The van der Waals surface area contributed by atoms with Gasteiger partial charge in [0, 0.05) is 135 Å². The van der Waals surface area contributed by atoms with E-state index >= 15 is 0 Å². The Morgan fingerprint density at radius 2 is 0.452 bits per heavy atom. The molecule has 9 heterocycles. The maximum absolute atomic E-state index is 6.53. The predicted octanol–water partition coefficient (Wildman–Crippen LogP) is 35.3. The van der Waals surface area contributed by atoms with E-state index in [2.05, 4.69) is 495 Å². The second-order valence-electron chi connectivity index (χ2n) is 35.2. The molecule has 0 radical (unpaired) electrons. The van der Waals surface area contributed by atoms with E-state index in [-0.39, 0.29) is 0 Å². The third-order valence-corrected chi connectivity index (χ3v) is 30.3. The average molecular weight is 1760 g/mol. The first kappa shape index (κ1) is 76.5. The Kier molecular flexibility index (Phi) is 17.4. The number of rotatable bonds is 9. The van der Waals surface area contributed by atoms with Gasteiger partial charge in [-0.1, -0.05) is 334 Å². The lowest BCUT2D eigenvalue weighted by Crippen LogP contribution is -1.98. The van der Waals surface area contributed by atoms with Crippen LogP contribution in [0.5, 0.6) is 0 Å². The number of hydrogen-bond donors (Lipinski definition) is 0. The number of fused-ring (bicyclic) bond motifs is 30. The number of thiophene rings is 2. The van der Waals surface area contributed by atoms with Crippen LogP contribution in [0.3, 0.4) is 0 Å². The van der Waals surface area contributed by atoms with Crippen molar-refractivity contribution in [2.75, 3.05) is 0 Å². The van der Waals surface area contributed by atoms with E-state index in [1.165, 1.54) is 211 Å². The number of benzene rings is 21. The molecule has 9 aromatic heterocycles. The van der Waals surface area contributed by atoms with Crippen molar-refractivity contribution < 1.29 is 4.42 Å². The zero-order chi connectivity index (χ0) is 88.5. The molecule has 0 aliphatic rings. The molecular formula is C126H78N6OS2. The molecule has 30 rings (SSSR count). The van der Waals surface area contributed by atoms with Gasteiger partial charge in [-0.05, 0) is 156 Å². The summed E-state index contributed by atoms with van der Waals surface area (Å²) in [4.78, 5) is 0. The number of aromatic nitrogens is 6. The van der Waals surface area contributed by atoms with Crippen molar-refractivity contribution in [2.24, 2.45) is 0 Å². The van der Waals surface area contributed by atoms with Gasteiger partial charge in [-0.25, -0.2) is 0 Å². The maximum Gasteiger partial charge on any atom is 0.145 e. The first-order valence-corrected chi connectivity index (χ1v) is 47.7. The summed E-state index contributed by atoms with van der Waals surface area (Å²) in [5.41, 5.74) is 30.6. The Hall–Kier alpha value is -17.3. The summed E-state index contributed by atoms with van der Waals surface area (Å²) >= 11 is 3.79. The number of nitrogens with zero attached hydrogens (tertiary/aromatic N) is 6. The van der Waals surface area contributed by atoms with Gasteiger partial charge >= 0.3 is 0 Å². The van der Waals surface area contributed by atoms with Crippen LogP contribution in [0.1, 0.15) is 0 Å². The van der Waals surface area contributed by atoms with Crippen molar-refractivity contribution in [2.45, 2.75) is 0 Å². The standard InChI is InChI=1S/C42H26N2O.2C42H26N2S/c1-6-19-35(44-36-20-7-2-15-30(36)31-16-3-8-21-37(31)44)29(14-1)27-12-11-13-28(26-27)43-38-22-9-4-18-34(38)41-39(43)25-24-33-32-17-5-10-23-40(32)45-42(33)41;1-6-19-36(44-38-21-8-2-15-30(38)31-16-3-9-22-39(31)44)29(14-1)27-12-11-13-28(26-27)43-37-20-7-4-17-32(37)34-24-25-35-33-18-5-10-23-40(33)45-42(35)41(34)43;1-6-19-36(44-39-22-9-4-17-32(39)34-24-25-35-33-18-5-10-23-40(33)45-42(35)41(34)44)29(14-1)27-12-11-13-28(26-27)43-37-20-7-2-15-30(37)31-16-3-8-21-38(31)43/h3*1-26H. The van der Waals surface area contributed by atoms with E-state index in [1.807, 2.05) is 28.7 Å². The minimum Gasteiger partial charge on any atom is -0.455 e. The normalized spacial score (nSPS) is 12.0. The van der Waals surface area contributed by atoms with Gasteiger partial charge in [0.05, 0.1) is 98.0 Å². The van der Waals surface area contributed by atoms with Crippen LogP contribution >= 0.6 is 22.7 Å². The molecule has 0 aliphatic heterocycles. The zero-order valence-electron chi connectivity index (χ0n) is 72.9. The molecule has 0 N–H and O–H groups in total.